The third-order valence-electron chi connectivity index (χ3n) is 2.58. The Morgan fingerprint density at radius 2 is 2.26 bits per heavy atom. The zero-order valence-electron chi connectivity index (χ0n) is 10.5. The third kappa shape index (κ3) is 4.67. The van der Waals surface area contributed by atoms with Crippen LogP contribution in [-0.4, -0.2) is 23.4 Å². The van der Waals surface area contributed by atoms with Crippen LogP contribution in [0.15, 0.2) is 24.3 Å². The smallest absolute Gasteiger partial charge is 0.319 e. The lowest BCUT2D eigenvalue weighted by Crippen LogP contribution is -2.33. The lowest BCUT2D eigenvalue weighted by Gasteiger charge is -2.15. The van der Waals surface area contributed by atoms with E-state index in [0.29, 0.717) is 11.7 Å². The highest BCUT2D eigenvalue weighted by atomic mass is 35.5. The summed E-state index contributed by atoms with van der Waals surface area (Å²) in [6.45, 7) is 2.78. The number of hydrogen-bond donors (Lipinski definition) is 3. The van der Waals surface area contributed by atoms with Gasteiger partial charge in [-0.1, -0.05) is 23.7 Å². The minimum Gasteiger partial charge on any atom is -0.460 e. The van der Waals surface area contributed by atoms with Crippen LogP contribution in [-0.2, 0) is 16.1 Å². The van der Waals surface area contributed by atoms with Crippen molar-refractivity contribution in [2.75, 3.05) is 6.67 Å². The molecule has 0 radical (unpaired) electrons. The molecule has 0 saturated carbocycles. The van der Waals surface area contributed by atoms with Crippen LogP contribution in [0, 0.1) is 0 Å². The normalized spacial score (nSPS) is 20.2. The Labute approximate surface area is 121 Å². The van der Waals surface area contributed by atoms with Crippen molar-refractivity contribution < 1.29 is 9.53 Å². The Hall–Kier alpha value is -0.790. The van der Waals surface area contributed by atoms with E-state index in [1.165, 1.54) is 11.8 Å². The number of ether oxygens (including phenoxy) is 1. The molecule has 104 valence electrons. The van der Waals surface area contributed by atoms with E-state index >= 15 is 0 Å². The predicted octanol–water partition coefficient (Wildman–Crippen LogP) is 1.44. The molecule has 1 aliphatic heterocycles. The first-order chi connectivity index (χ1) is 9.15. The van der Waals surface area contributed by atoms with E-state index in [1.807, 2.05) is 19.1 Å². The van der Waals surface area contributed by atoms with Crippen molar-refractivity contribution >= 4 is 29.3 Å². The quantitative estimate of drug-likeness (QED) is 0.716. The molecule has 2 atom stereocenters. The zero-order valence-corrected chi connectivity index (χ0v) is 12.1. The van der Waals surface area contributed by atoms with Gasteiger partial charge in [0.05, 0.1) is 6.67 Å². The van der Waals surface area contributed by atoms with Gasteiger partial charge in [0.25, 0.3) is 0 Å². The molecule has 5 nitrogen and oxygen atoms in total. The molecular formula is C12H16ClN3O2S. The number of thioether (sulfide) groups is 1. The molecule has 0 aromatic heterocycles. The van der Waals surface area contributed by atoms with Crippen molar-refractivity contribution in [3.63, 3.8) is 0 Å². The van der Waals surface area contributed by atoms with E-state index in [2.05, 4.69) is 16.2 Å². The summed E-state index contributed by atoms with van der Waals surface area (Å²) in [5.74, 6) is -0.226. The Balaban J connectivity index is 1.75. The van der Waals surface area contributed by atoms with Crippen molar-refractivity contribution in [2.24, 2.45) is 0 Å². The second-order valence-electron chi connectivity index (χ2n) is 4.09. The minimum atomic E-state index is -0.239. The number of esters is 1. The highest BCUT2D eigenvalue weighted by molar-refractivity contribution is 8.01. The molecule has 1 saturated heterocycles. The lowest BCUT2D eigenvalue weighted by molar-refractivity contribution is -0.143. The molecular weight excluding hydrogens is 286 g/mol. The van der Waals surface area contributed by atoms with E-state index in [-0.39, 0.29) is 23.3 Å². The number of carbonyl (C=O) groups excluding carboxylic acids is 1. The van der Waals surface area contributed by atoms with Crippen LogP contribution < -0.4 is 16.2 Å². The highest BCUT2D eigenvalue weighted by Gasteiger charge is 2.22. The van der Waals surface area contributed by atoms with Gasteiger partial charge in [0.15, 0.2) is 0 Å². The topological polar surface area (TPSA) is 62.4 Å². The molecule has 2 rings (SSSR count). The molecule has 1 aromatic rings. The van der Waals surface area contributed by atoms with Gasteiger partial charge in [-0.25, -0.2) is 10.9 Å². The molecule has 0 amide bonds. The zero-order chi connectivity index (χ0) is 13.7. The summed E-state index contributed by atoms with van der Waals surface area (Å²) < 4.78 is 5.26. The van der Waals surface area contributed by atoms with Gasteiger partial charge in [-0.2, -0.15) is 0 Å². The van der Waals surface area contributed by atoms with Gasteiger partial charge in [0.2, 0.25) is 0 Å². The van der Waals surface area contributed by atoms with Gasteiger partial charge in [-0.05, 0) is 24.6 Å². The standard InChI is InChI=1S/C12H16ClN3O2S/c1-8(19-12-14-7-15-16-12)11(17)18-6-9-2-4-10(13)5-3-9/h2-5,8,12,14-16H,6-7H2,1H3. The van der Waals surface area contributed by atoms with Crippen molar-refractivity contribution in [3.05, 3.63) is 34.9 Å². The fourth-order valence-electron chi connectivity index (χ4n) is 1.53. The maximum atomic E-state index is 11.8. The number of hydrogen-bond acceptors (Lipinski definition) is 6. The van der Waals surface area contributed by atoms with Crippen LogP contribution >= 0.6 is 23.4 Å². The van der Waals surface area contributed by atoms with Gasteiger partial charge >= 0.3 is 5.97 Å². The fraction of sp³-hybridized carbons (Fsp3) is 0.417. The van der Waals surface area contributed by atoms with E-state index in [4.69, 9.17) is 16.3 Å². The van der Waals surface area contributed by atoms with Crippen molar-refractivity contribution in [2.45, 2.75) is 24.3 Å². The number of benzene rings is 1. The first-order valence-electron chi connectivity index (χ1n) is 5.93. The van der Waals surface area contributed by atoms with Crippen LogP contribution in [0.25, 0.3) is 0 Å². The Bertz CT molecular complexity index is 423. The van der Waals surface area contributed by atoms with E-state index < -0.39 is 0 Å². The highest BCUT2D eigenvalue weighted by Crippen LogP contribution is 2.17. The number of rotatable bonds is 5. The summed E-state index contributed by atoms with van der Waals surface area (Å²) in [6.07, 6.45) is 0. The van der Waals surface area contributed by atoms with Crippen molar-refractivity contribution in [1.82, 2.24) is 16.2 Å². The molecule has 1 fully saturated rings. The summed E-state index contributed by atoms with van der Waals surface area (Å²) in [5, 5.41) is 3.57. The summed E-state index contributed by atoms with van der Waals surface area (Å²) in [4.78, 5) is 11.8. The average Bonchev–Trinajstić information content (AvgIpc) is 2.90. The molecule has 1 aromatic carbocycles. The minimum absolute atomic E-state index is 0.0260. The summed E-state index contributed by atoms with van der Waals surface area (Å²) in [5.41, 5.74) is 6.89. The Morgan fingerprint density at radius 1 is 1.53 bits per heavy atom. The summed E-state index contributed by atoms with van der Waals surface area (Å²) in [6, 6.07) is 7.25. The van der Waals surface area contributed by atoms with Gasteiger partial charge in [-0.15, -0.1) is 11.8 Å². The van der Waals surface area contributed by atoms with Crippen LogP contribution in [0.1, 0.15) is 12.5 Å². The maximum Gasteiger partial charge on any atom is 0.319 e. The number of nitrogens with one attached hydrogen (secondary N) is 3. The van der Waals surface area contributed by atoms with Crippen molar-refractivity contribution in [3.8, 4) is 0 Å². The summed E-state index contributed by atoms with van der Waals surface area (Å²) >= 11 is 7.26. The van der Waals surface area contributed by atoms with Gasteiger partial charge in [0, 0.05) is 5.02 Å². The largest absolute Gasteiger partial charge is 0.460 e. The molecule has 2 unspecified atom stereocenters. The van der Waals surface area contributed by atoms with Gasteiger partial charge < -0.3 is 4.74 Å². The van der Waals surface area contributed by atoms with E-state index in [0.717, 1.165) is 5.56 Å². The lowest BCUT2D eigenvalue weighted by atomic mass is 10.2. The van der Waals surface area contributed by atoms with Crippen LogP contribution in [0.5, 0.6) is 0 Å². The molecule has 7 heteroatoms. The second-order valence-corrected chi connectivity index (χ2v) is 5.98. The van der Waals surface area contributed by atoms with Crippen molar-refractivity contribution in [1.29, 1.82) is 0 Å². The van der Waals surface area contributed by atoms with Crippen LogP contribution in [0.3, 0.4) is 0 Å². The maximum absolute atomic E-state index is 11.8. The molecule has 0 bridgehead atoms. The predicted molar refractivity (Wildman–Crippen MR) is 76.4 cm³/mol. The number of carbonyl (C=O) groups is 1. The second kappa shape index (κ2) is 7.12. The molecule has 1 heterocycles. The van der Waals surface area contributed by atoms with E-state index in [9.17, 15) is 4.79 Å². The van der Waals surface area contributed by atoms with Crippen LogP contribution in [0.4, 0.5) is 0 Å². The number of hydrazine groups is 1. The fourth-order valence-corrected chi connectivity index (χ4v) is 2.58. The SMILES string of the molecule is CC(SC1NCNN1)C(=O)OCc1ccc(Cl)cc1. The molecule has 0 aliphatic carbocycles. The monoisotopic (exact) mass is 301 g/mol. The van der Waals surface area contributed by atoms with Gasteiger partial charge in [0.1, 0.15) is 17.4 Å². The molecule has 19 heavy (non-hydrogen) atoms. The first kappa shape index (κ1) is 14.6. The van der Waals surface area contributed by atoms with E-state index in [1.54, 1.807) is 12.1 Å². The molecule has 1 aliphatic rings. The molecule has 3 N–H and O–H groups in total. The van der Waals surface area contributed by atoms with Gasteiger partial charge in [-0.3, -0.25) is 10.1 Å². The first-order valence-corrected chi connectivity index (χ1v) is 7.25. The average molecular weight is 302 g/mol. The Morgan fingerprint density at radius 3 is 2.89 bits per heavy atom. The molecule has 0 spiro atoms. The summed E-state index contributed by atoms with van der Waals surface area (Å²) in [7, 11) is 0. The Kier molecular flexibility index (Phi) is 5.47. The van der Waals surface area contributed by atoms with Crippen LogP contribution in [0.2, 0.25) is 5.02 Å². The third-order valence-corrected chi connectivity index (χ3v) is 3.98. The number of halogens is 1.